The van der Waals surface area contributed by atoms with Gasteiger partial charge in [-0.3, -0.25) is 0 Å². The fourth-order valence-electron chi connectivity index (χ4n) is 3.27. The van der Waals surface area contributed by atoms with Gasteiger partial charge in [0.05, 0.1) is 0 Å². The van der Waals surface area contributed by atoms with Crippen LogP contribution in [0.1, 0.15) is 51.6 Å². The molecule has 1 aliphatic heterocycles. The average molecular weight is 260 g/mol. The highest BCUT2D eigenvalue weighted by Gasteiger charge is 2.35. The Balaban J connectivity index is 2.24. The second kappa shape index (κ2) is 5.96. The summed E-state index contributed by atoms with van der Waals surface area (Å²) in [4.78, 5) is 2.59. The van der Waals surface area contributed by atoms with Crippen LogP contribution in [-0.4, -0.2) is 20.1 Å². The van der Waals surface area contributed by atoms with Gasteiger partial charge in [-0.1, -0.05) is 32.0 Å². The highest BCUT2D eigenvalue weighted by atomic mass is 15.2. The lowest BCUT2D eigenvalue weighted by Gasteiger charge is -2.29. The molecule has 0 aliphatic carbocycles. The molecule has 106 valence electrons. The van der Waals surface area contributed by atoms with Crippen LogP contribution in [0.2, 0.25) is 0 Å². The summed E-state index contributed by atoms with van der Waals surface area (Å²) in [5.74, 6) is 0. The van der Waals surface area contributed by atoms with Crippen molar-refractivity contribution in [1.29, 1.82) is 0 Å². The maximum atomic E-state index is 3.37. The van der Waals surface area contributed by atoms with Crippen LogP contribution < -0.4 is 10.2 Å². The van der Waals surface area contributed by atoms with E-state index in [-0.39, 0.29) is 0 Å². The monoisotopic (exact) mass is 260 g/mol. The number of hydrogen-bond donors (Lipinski definition) is 1. The van der Waals surface area contributed by atoms with Gasteiger partial charge in [0, 0.05) is 24.8 Å². The van der Waals surface area contributed by atoms with Crippen LogP contribution in [0.4, 0.5) is 5.69 Å². The van der Waals surface area contributed by atoms with Crippen molar-refractivity contribution in [3.63, 3.8) is 0 Å². The summed E-state index contributed by atoms with van der Waals surface area (Å²) >= 11 is 0. The van der Waals surface area contributed by atoms with E-state index in [1.807, 2.05) is 7.05 Å². The van der Waals surface area contributed by atoms with E-state index in [0.29, 0.717) is 11.5 Å². The molecule has 0 amide bonds. The molecule has 1 aromatic carbocycles. The van der Waals surface area contributed by atoms with E-state index in [1.54, 1.807) is 0 Å². The Labute approximate surface area is 118 Å². The highest BCUT2D eigenvalue weighted by Crippen LogP contribution is 2.40. The van der Waals surface area contributed by atoms with Crippen molar-refractivity contribution in [3.8, 4) is 0 Å². The van der Waals surface area contributed by atoms with Gasteiger partial charge in [-0.05, 0) is 50.3 Å². The Morgan fingerprint density at radius 1 is 1.26 bits per heavy atom. The predicted molar refractivity (Wildman–Crippen MR) is 83.8 cm³/mol. The van der Waals surface area contributed by atoms with E-state index >= 15 is 0 Å². The van der Waals surface area contributed by atoms with E-state index in [4.69, 9.17) is 0 Å². The third-order valence-electron chi connectivity index (χ3n) is 5.12. The molecular weight excluding hydrogens is 232 g/mol. The summed E-state index contributed by atoms with van der Waals surface area (Å²) in [7, 11) is 2.04. The van der Waals surface area contributed by atoms with Gasteiger partial charge in [0.1, 0.15) is 0 Å². The van der Waals surface area contributed by atoms with Gasteiger partial charge >= 0.3 is 0 Å². The van der Waals surface area contributed by atoms with Crippen molar-refractivity contribution in [2.24, 2.45) is 5.41 Å². The first-order valence-electron chi connectivity index (χ1n) is 7.67. The molecule has 1 aromatic rings. The van der Waals surface area contributed by atoms with Crippen molar-refractivity contribution in [3.05, 3.63) is 29.8 Å². The average Bonchev–Trinajstić information content (AvgIpc) is 2.91. The van der Waals surface area contributed by atoms with Crippen molar-refractivity contribution >= 4 is 5.69 Å². The molecule has 0 spiro atoms. The molecule has 1 aliphatic rings. The van der Waals surface area contributed by atoms with Crippen molar-refractivity contribution in [1.82, 2.24) is 5.32 Å². The quantitative estimate of drug-likeness (QED) is 0.861. The number of hydrogen-bond acceptors (Lipinski definition) is 2. The maximum Gasteiger partial charge on any atom is 0.0414 e. The van der Waals surface area contributed by atoms with E-state index in [2.05, 4.69) is 55.3 Å². The molecule has 1 unspecified atom stereocenters. The summed E-state index contributed by atoms with van der Waals surface area (Å²) in [6, 6.07) is 9.27. The van der Waals surface area contributed by atoms with Crippen LogP contribution in [0.25, 0.3) is 0 Å². The number of nitrogens with one attached hydrogen (secondary N) is 1. The third kappa shape index (κ3) is 2.79. The number of rotatable bonds is 5. The Kier molecular flexibility index (Phi) is 4.51. The minimum Gasteiger partial charge on any atom is -0.371 e. The second-order valence-corrected chi connectivity index (χ2v) is 5.95. The molecular formula is C17H28N2. The molecule has 2 heteroatoms. The molecule has 1 heterocycles. The van der Waals surface area contributed by atoms with Gasteiger partial charge in [-0.15, -0.1) is 0 Å². The molecule has 0 aromatic heterocycles. The lowest BCUT2D eigenvalue weighted by molar-refractivity contribution is 0.301. The standard InChI is InChI=1S/C17H28N2/c1-5-17(6-2)11-12-19(13-17)16-10-8-7-9-15(16)14(3)18-4/h7-10,14,18H,5-6,11-13H2,1-4H3. The molecule has 2 rings (SSSR count). The van der Waals surface area contributed by atoms with E-state index in [0.717, 1.165) is 0 Å². The highest BCUT2D eigenvalue weighted by molar-refractivity contribution is 5.56. The first kappa shape index (κ1) is 14.4. The zero-order chi connectivity index (χ0) is 13.9. The van der Waals surface area contributed by atoms with Crippen LogP contribution >= 0.6 is 0 Å². The molecule has 1 atom stereocenters. The Morgan fingerprint density at radius 2 is 1.95 bits per heavy atom. The van der Waals surface area contributed by atoms with Gasteiger partial charge in [0.2, 0.25) is 0 Å². The van der Waals surface area contributed by atoms with Crippen molar-refractivity contribution < 1.29 is 0 Å². The van der Waals surface area contributed by atoms with Gasteiger partial charge in [0.15, 0.2) is 0 Å². The number of nitrogens with zero attached hydrogens (tertiary/aromatic N) is 1. The molecule has 1 saturated heterocycles. The maximum absolute atomic E-state index is 3.37. The fourth-order valence-corrected chi connectivity index (χ4v) is 3.27. The number of benzene rings is 1. The van der Waals surface area contributed by atoms with Crippen molar-refractivity contribution in [2.75, 3.05) is 25.0 Å². The zero-order valence-corrected chi connectivity index (χ0v) is 12.9. The third-order valence-corrected chi connectivity index (χ3v) is 5.12. The van der Waals surface area contributed by atoms with Crippen LogP contribution in [0.3, 0.4) is 0 Å². The predicted octanol–water partition coefficient (Wildman–Crippen LogP) is 3.98. The lowest BCUT2D eigenvalue weighted by atomic mass is 9.82. The van der Waals surface area contributed by atoms with Crippen LogP contribution in [0.15, 0.2) is 24.3 Å². The first-order valence-corrected chi connectivity index (χ1v) is 7.67. The zero-order valence-electron chi connectivity index (χ0n) is 12.9. The van der Waals surface area contributed by atoms with Gasteiger partial charge in [-0.25, -0.2) is 0 Å². The molecule has 1 fully saturated rings. The molecule has 1 N–H and O–H groups in total. The Bertz CT molecular complexity index is 409. The first-order chi connectivity index (χ1) is 9.15. The van der Waals surface area contributed by atoms with Crippen LogP contribution in [-0.2, 0) is 0 Å². The summed E-state index contributed by atoms with van der Waals surface area (Å²) in [5, 5.41) is 3.37. The minimum absolute atomic E-state index is 0.412. The smallest absolute Gasteiger partial charge is 0.0414 e. The lowest BCUT2D eigenvalue weighted by Crippen LogP contribution is -2.27. The van der Waals surface area contributed by atoms with E-state index in [9.17, 15) is 0 Å². The second-order valence-electron chi connectivity index (χ2n) is 5.95. The van der Waals surface area contributed by atoms with Gasteiger partial charge < -0.3 is 10.2 Å². The van der Waals surface area contributed by atoms with Crippen LogP contribution in [0.5, 0.6) is 0 Å². The topological polar surface area (TPSA) is 15.3 Å². The summed E-state index contributed by atoms with van der Waals surface area (Å²) in [6.45, 7) is 9.34. The molecule has 0 saturated carbocycles. The summed E-state index contributed by atoms with van der Waals surface area (Å²) in [6.07, 6.45) is 3.93. The van der Waals surface area contributed by atoms with E-state index < -0.39 is 0 Å². The molecule has 19 heavy (non-hydrogen) atoms. The van der Waals surface area contributed by atoms with Gasteiger partial charge in [0.25, 0.3) is 0 Å². The van der Waals surface area contributed by atoms with E-state index in [1.165, 1.54) is 43.6 Å². The van der Waals surface area contributed by atoms with Crippen LogP contribution in [0, 0.1) is 5.41 Å². The SMILES string of the molecule is CCC1(CC)CCN(c2ccccc2C(C)NC)C1. The summed E-state index contributed by atoms with van der Waals surface area (Å²) < 4.78 is 0. The molecule has 0 radical (unpaired) electrons. The normalized spacial score (nSPS) is 19.7. The minimum atomic E-state index is 0.412. The Morgan fingerprint density at radius 3 is 2.53 bits per heavy atom. The van der Waals surface area contributed by atoms with Gasteiger partial charge in [-0.2, -0.15) is 0 Å². The summed E-state index contributed by atoms with van der Waals surface area (Å²) in [5.41, 5.74) is 3.39. The molecule has 0 bridgehead atoms. The fraction of sp³-hybridized carbons (Fsp3) is 0.647. The largest absolute Gasteiger partial charge is 0.371 e. The number of para-hydroxylation sites is 1. The molecule has 2 nitrogen and oxygen atoms in total. The number of anilines is 1. The Hall–Kier alpha value is -1.02. The van der Waals surface area contributed by atoms with Crippen molar-refractivity contribution in [2.45, 2.75) is 46.1 Å².